The van der Waals surface area contributed by atoms with E-state index in [1.807, 2.05) is 18.2 Å². The first-order valence-corrected chi connectivity index (χ1v) is 8.83. The molecule has 0 bridgehead atoms. The Morgan fingerprint density at radius 1 is 1.19 bits per heavy atom. The van der Waals surface area contributed by atoms with E-state index in [0.29, 0.717) is 6.04 Å². The highest BCUT2D eigenvalue weighted by Gasteiger charge is 2.30. The summed E-state index contributed by atoms with van der Waals surface area (Å²) in [6.45, 7) is 5.77. The lowest BCUT2D eigenvalue weighted by molar-refractivity contribution is 0.126. The predicted molar refractivity (Wildman–Crippen MR) is 90.2 cm³/mol. The van der Waals surface area contributed by atoms with Crippen LogP contribution in [-0.2, 0) is 0 Å². The van der Waals surface area contributed by atoms with Crippen LogP contribution in [0.2, 0.25) is 10.0 Å². The molecule has 0 amide bonds. The summed E-state index contributed by atoms with van der Waals surface area (Å²) in [7, 11) is 0. The monoisotopic (exact) mass is 326 g/mol. The van der Waals surface area contributed by atoms with Crippen molar-refractivity contribution in [1.29, 1.82) is 0 Å². The summed E-state index contributed by atoms with van der Waals surface area (Å²) in [5.41, 5.74) is 1.15. The Balaban J connectivity index is 1.62. The van der Waals surface area contributed by atoms with Gasteiger partial charge in [-0.05, 0) is 81.9 Å². The van der Waals surface area contributed by atoms with Crippen LogP contribution in [0.4, 0.5) is 0 Å². The van der Waals surface area contributed by atoms with Crippen molar-refractivity contribution in [3.63, 3.8) is 0 Å². The minimum Gasteiger partial charge on any atom is -0.314 e. The molecule has 0 radical (unpaired) electrons. The van der Waals surface area contributed by atoms with Gasteiger partial charge < -0.3 is 5.32 Å². The number of hydrogen-bond acceptors (Lipinski definition) is 2. The minimum absolute atomic E-state index is 0.341. The molecule has 2 fully saturated rings. The van der Waals surface area contributed by atoms with Gasteiger partial charge in [0.15, 0.2) is 0 Å². The zero-order valence-corrected chi connectivity index (χ0v) is 14.1. The number of benzene rings is 1. The highest BCUT2D eigenvalue weighted by molar-refractivity contribution is 6.33. The Bertz CT molecular complexity index is 478. The van der Waals surface area contributed by atoms with Gasteiger partial charge in [-0.2, -0.15) is 0 Å². The standard InChI is InChI=1S/C17H24Cl2N2/c1-12(15-11-14(18)4-5-16(15)19)21-9-6-13(7-10-21)17-3-2-8-20-17/h4-5,11-13,17,20H,2-3,6-10H2,1H3. The molecule has 1 aromatic rings. The van der Waals surface area contributed by atoms with E-state index in [0.717, 1.165) is 40.7 Å². The molecule has 2 saturated heterocycles. The van der Waals surface area contributed by atoms with Gasteiger partial charge in [-0.25, -0.2) is 0 Å². The smallest absolute Gasteiger partial charge is 0.0454 e. The molecule has 2 unspecified atom stereocenters. The molecule has 2 aliphatic rings. The third kappa shape index (κ3) is 3.56. The molecule has 1 aromatic carbocycles. The van der Waals surface area contributed by atoms with Crippen molar-refractivity contribution in [1.82, 2.24) is 10.2 Å². The SMILES string of the molecule is CC(c1cc(Cl)ccc1Cl)N1CCC(C2CCCN2)CC1. The van der Waals surface area contributed by atoms with Gasteiger partial charge >= 0.3 is 0 Å². The lowest BCUT2D eigenvalue weighted by Gasteiger charge is -2.38. The second-order valence-corrected chi connectivity index (χ2v) is 7.26. The first-order valence-electron chi connectivity index (χ1n) is 8.07. The topological polar surface area (TPSA) is 15.3 Å². The molecule has 116 valence electrons. The summed E-state index contributed by atoms with van der Waals surface area (Å²) in [6, 6.07) is 6.88. The van der Waals surface area contributed by atoms with Gasteiger partial charge in [0.2, 0.25) is 0 Å². The Hall–Kier alpha value is -0.280. The molecule has 2 nitrogen and oxygen atoms in total. The summed E-state index contributed by atoms with van der Waals surface area (Å²) in [5.74, 6) is 0.853. The van der Waals surface area contributed by atoms with E-state index >= 15 is 0 Å². The lowest BCUT2D eigenvalue weighted by atomic mass is 9.87. The van der Waals surface area contributed by atoms with Crippen LogP contribution in [0.1, 0.15) is 44.2 Å². The van der Waals surface area contributed by atoms with E-state index in [-0.39, 0.29) is 0 Å². The Kier molecular flexibility index (Phi) is 5.11. The molecular weight excluding hydrogens is 303 g/mol. The van der Waals surface area contributed by atoms with Gasteiger partial charge in [0.1, 0.15) is 0 Å². The molecule has 3 rings (SSSR count). The van der Waals surface area contributed by atoms with Crippen molar-refractivity contribution in [2.45, 2.75) is 44.7 Å². The van der Waals surface area contributed by atoms with Crippen molar-refractivity contribution in [2.75, 3.05) is 19.6 Å². The second-order valence-electron chi connectivity index (χ2n) is 6.42. The van der Waals surface area contributed by atoms with E-state index in [1.54, 1.807) is 0 Å². The molecule has 0 aromatic heterocycles. The van der Waals surface area contributed by atoms with Crippen LogP contribution in [0.5, 0.6) is 0 Å². The molecular formula is C17H24Cl2N2. The molecule has 0 aliphatic carbocycles. The summed E-state index contributed by atoms with van der Waals surface area (Å²) >= 11 is 12.5. The van der Waals surface area contributed by atoms with Crippen LogP contribution in [-0.4, -0.2) is 30.6 Å². The van der Waals surface area contributed by atoms with Gasteiger partial charge in [-0.3, -0.25) is 4.90 Å². The van der Waals surface area contributed by atoms with E-state index in [9.17, 15) is 0 Å². The van der Waals surface area contributed by atoms with Crippen molar-refractivity contribution < 1.29 is 0 Å². The number of piperidine rings is 1. The van der Waals surface area contributed by atoms with Crippen LogP contribution in [0, 0.1) is 5.92 Å². The molecule has 2 aliphatic heterocycles. The second kappa shape index (κ2) is 6.87. The zero-order chi connectivity index (χ0) is 14.8. The minimum atomic E-state index is 0.341. The number of nitrogens with one attached hydrogen (secondary N) is 1. The van der Waals surface area contributed by atoms with Gasteiger partial charge in [-0.1, -0.05) is 23.2 Å². The Labute approximate surface area is 137 Å². The van der Waals surface area contributed by atoms with Crippen molar-refractivity contribution >= 4 is 23.2 Å². The summed E-state index contributed by atoms with van der Waals surface area (Å²) < 4.78 is 0. The molecule has 1 N–H and O–H groups in total. The molecule has 21 heavy (non-hydrogen) atoms. The van der Waals surface area contributed by atoms with Crippen LogP contribution in [0.25, 0.3) is 0 Å². The highest BCUT2D eigenvalue weighted by Crippen LogP contribution is 2.34. The fourth-order valence-electron chi connectivity index (χ4n) is 3.85. The Morgan fingerprint density at radius 2 is 1.95 bits per heavy atom. The van der Waals surface area contributed by atoms with E-state index in [1.165, 1.54) is 32.2 Å². The average Bonchev–Trinajstić information content (AvgIpc) is 3.03. The number of rotatable bonds is 3. The van der Waals surface area contributed by atoms with Crippen molar-refractivity contribution in [3.8, 4) is 0 Å². The van der Waals surface area contributed by atoms with E-state index in [2.05, 4.69) is 17.1 Å². The Morgan fingerprint density at radius 3 is 2.62 bits per heavy atom. The zero-order valence-electron chi connectivity index (χ0n) is 12.6. The maximum Gasteiger partial charge on any atom is 0.0454 e. The third-order valence-corrected chi connectivity index (χ3v) is 5.78. The van der Waals surface area contributed by atoms with Crippen LogP contribution in [0.15, 0.2) is 18.2 Å². The van der Waals surface area contributed by atoms with Gasteiger partial charge in [0.05, 0.1) is 0 Å². The normalized spacial score (nSPS) is 26.1. The maximum absolute atomic E-state index is 6.35. The van der Waals surface area contributed by atoms with Gasteiger partial charge in [0, 0.05) is 22.1 Å². The first-order chi connectivity index (χ1) is 10.1. The highest BCUT2D eigenvalue weighted by atomic mass is 35.5. The van der Waals surface area contributed by atoms with Crippen molar-refractivity contribution in [3.05, 3.63) is 33.8 Å². The van der Waals surface area contributed by atoms with Crippen molar-refractivity contribution in [2.24, 2.45) is 5.92 Å². The van der Waals surface area contributed by atoms with Gasteiger partial charge in [-0.15, -0.1) is 0 Å². The van der Waals surface area contributed by atoms with Crippen LogP contribution < -0.4 is 5.32 Å². The summed E-state index contributed by atoms with van der Waals surface area (Å²) in [4.78, 5) is 2.54. The van der Waals surface area contributed by atoms with E-state index in [4.69, 9.17) is 23.2 Å². The quantitative estimate of drug-likeness (QED) is 0.878. The molecule has 2 heterocycles. The first kappa shape index (κ1) is 15.6. The molecule has 2 atom stereocenters. The summed E-state index contributed by atoms with van der Waals surface area (Å²) in [6.07, 6.45) is 5.29. The molecule has 0 saturated carbocycles. The summed E-state index contributed by atoms with van der Waals surface area (Å²) in [5, 5.41) is 5.26. The lowest BCUT2D eigenvalue weighted by Crippen LogP contribution is -2.41. The van der Waals surface area contributed by atoms with E-state index < -0.39 is 0 Å². The maximum atomic E-state index is 6.35. The molecule has 0 spiro atoms. The third-order valence-electron chi connectivity index (χ3n) is 5.20. The fraction of sp³-hybridized carbons (Fsp3) is 0.647. The number of halogens is 2. The van der Waals surface area contributed by atoms with Gasteiger partial charge in [0.25, 0.3) is 0 Å². The number of nitrogens with zero attached hydrogens (tertiary/aromatic N) is 1. The number of hydrogen-bond donors (Lipinski definition) is 1. The number of likely N-dealkylation sites (tertiary alicyclic amines) is 1. The van der Waals surface area contributed by atoms with Crippen LogP contribution >= 0.6 is 23.2 Å². The predicted octanol–water partition coefficient (Wildman–Crippen LogP) is 4.52. The average molecular weight is 327 g/mol. The van der Waals surface area contributed by atoms with Crippen LogP contribution in [0.3, 0.4) is 0 Å². The molecule has 4 heteroatoms. The fourth-order valence-corrected chi connectivity index (χ4v) is 4.31. The largest absolute Gasteiger partial charge is 0.314 e.